The third-order valence-corrected chi connectivity index (χ3v) is 2.04. The van der Waals surface area contributed by atoms with E-state index in [9.17, 15) is 4.79 Å². The molecule has 1 saturated heterocycles. The molecular formula is C7H13NO2. The van der Waals surface area contributed by atoms with Crippen molar-refractivity contribution in [2.24, 2.45) is 5.92 Å². The van der Waals surface area contributed by atoms with Crippen molar-refractivity contribution in [1.29, 1.82) is 0 Å². The number of hydrogen-bond donors (Lipinski definition) is 2. The van der Waals surface area contributed by atoms with Crippen molar-refractivity contribution in [3.63, 3.8) is 0 Å². The molecule has 3 heteroatoms. The molecule has 10 heavy (non-hydrogen) atoms. The van der Waals surface area contributed by atoms with Gasteiger partial charge in [-0.2, -0.15) is 0 Å². The normalized spacial score (nSPS) is 33.7. The largest absolute Gasteiger partial charge is 0.480 e. The summed E-state index contributed by atoms with van der Waals surface area (Å²) in [6.07, 6.45) is 2.13. The van der Waals surface area contributed by atoms with E-state index in [1.165, 1.54) is 0 Å². The molecule has 3 nitrogen and oxygen atoms in total. The molecule has 0 amide bonds. The van der Waals surface area contributed by atoms with Crippen LogP contribution in [0, 0.1) is 5.92 Å². The van der Waals surface area contributed by atoms with Gasteiger partial charge >= 0.3 is 5.97 Å². The zero-order valence-corrected chi connectivity index (χ0v) is 6.13. The first kappa shape index (κ1) is 7.54. The molecular weight excluding hydrogens is 130 g/mol. The van der Waals surface area contributed by atoms with E-state index in [1.807, 2.05) is 6.92 Å². The Balaban J connectivity index is 2.47. The fraction of sp³-hybridized carbons (Fsp3) is 0.857. The Labute approximate surface area is 60.4 Å². The lowest BCUT2D eigenvalue weighted by molar-refractivity contribution is -0.141. The Kier molecular flexibility index (Phi) is 2.27. The first-order valence-corrected chi connectivity index (χ1v) is 3.68. The maximum atomic E-state index is 10.5. The number of hydrogen-bond acceptors (Lipinski definition) is 2. The minimum Gasteiger partial charge on any atom is -0.480 e. The SMILES string of the molecule is C[C@@H]1CCCN[C@H]1C(=O)O. The van der Waals surface area contributed by atoms with Crippen LogP contribution in [0.25, 0.3) is 0 Å². The first-order valence-electron chi connectivity index (χ1n) is 3.68. The van der Waals surface area contributed by atoms with Gasteiger partial charge in [0.2, 0.25) is 0 Å². The monoisotopic (exact) mass is 143 g/mol. The van der Waals surface area contributed by atoms with Crippen LogP contribution in [0.5, 0.6) is 0 Å². The Morgan fingerprint density at radius 1 is 1.70 bits per heavy atom. The number of nitrogens with one attached hydrogen (secondary N) is 1. The van der Waals surface area contributed by atoms with Crippen molar-refractivity contribution in [2.45, 2.75) is 25.8 Å². The zero-order valence-electron chi connectivity index (χ0n) is 6.13. The van der Waals surface area contributed by atoms with Gasteiger partial charge in [-0.3, -0.25) is 4.79 Å². The molecule has 0 saturated carbocycles. The molecule has 0 bridgehead atoms. The van der Waals surface area contributed by atoms with Crippen molar-refractivity contribution in [1.82, 2.24) is 5.32 Å². The Morgan fingerprint density at radius 2 is 2.40 bits per heavy atom. The van der Waals surface area contributed by atoms with E-state index in [-0.39, 0.29) is 12.0 Å². The Hall–Kier alpha value is -0.570. The predicted molar refractivity (Wildman–Crippen MR) is 37.8 cm³/mol. The lowest BCUT2D eigenvalue weighted by Gasteiger charge is -2.26. The van der Waals surface area contributed by atoms with E-state index < -0.39 is 5.97 Å². The lowest BCUT2D eigenvalue weighted by Crippen LogP contribution is -2.45. The summed E-state index contributed by atoms with van der Waals surface area (Å²) < 4.78 is 0. The van der Waals surface area contributed by atoms with Crippen LogP contribution in [0.4, 0.5) is 0 Å². The maximum absolute atomic E-state index is 10.5. The van der Waals surface area contributed by atoms with Crippen molar-refractivity contribution >= 4 is 5.97 Å². The fourth-order valence-corrected chi connectivity index (χ4v) is 1.38. The van der Waals surface area contributed by atoms with Crippen LogP contribution in [0.3, 0.4) is 0 Å². The quantitative estimate of drug-likeness (QED) is 0.560. The smallest absolute Gasteiger partial charge is 0.320 e. The molecule has 1 aliphatic heterocycles. The number of carboxylic acids is 1. The Bertz CT molecular complexity index is 136. The minimum atomic E-state index is -0.716. The number of carboxylic acid groups (broad SMARTS) is 1. The van der Waals surface area contributed by atoms with Gasteiger partial charge in [0.15, 0.2) is 0 Å². The van der Waals surface area contributed by atoms with Gasteiger partial charge in [0, 0.05) is 0 Å². The Morgan fingerprint density at radius 3 is 2.80 bits per heavy atom. The molecule has 1 fully saturated rings. The molecule has 58 valence electrons. The highest BCUT2D eigenvalue weighted by molar-refractivity contribution is 5.73. The summed E-state index contributed by atoms with van der Waals surface area (Å²) in [4.78, 5) is 10.5. The van der Waals surface area contributed by atoms with Crippen LogP contribution >= 0.6 is 0 Å². The van der Waals surface area contributed by atoms with Crippen LogP contribution in [0.2, 0.25) is 0 Å². The summed E-state index contributed by atoms with van der Waals surface area (Å²) in [7, 11) is 0. The third kappa shape index (κ3) is 1.48. The highest BCUT2D eigenvalue weighted by Crippen LogP contribution is 2.14. The molecule has 1 aliphatic rings. The molecule has 0 aromatic heterocycles. The molecule has 2 N–H and O–H groups in total. The van der Waals surface area contributed by atoms with Crippen molar-refractivity contribution in [3.05, 3.63) is 0 Å². The van der Waals surface area contributed by atoms with Gasteiger partial charge in [0.25, 0.3) is 0 Å². The maximum Gasteiger partial charge on any atom is 0.320 e. The third-order valence-electron chi connectivity index (χ3n) is 2.04. The van der Waals surface area contributed by atoms with E-state index >= 15 is 0 Å². The van der Waals surface area contributed by atoms with Crippen LogP contribution in [0.1, 0.15) is 19.8 Å². The lowest BCUT2D eigenvalue weighted by atomic mass is 9.93. The highest BCUT2D eigenvalue weighted by Gasteiger charge is 2.26. The fourth-order valence-electron chi connectivity index (χ4n) is 1.38. The molecule has 0 radical (unpaired) electrons. The summed E-state index contributed by atoms with van der Waals surface area (Å²) in [6.45, 7) is 2.83. The topological polar surface area (TPSA) is 49.3 Å². The number of carbonyl (C=O) groups is 1. The van der Waals surface area contributed by atoms with E-state index in [2.05, 4.69) is 5.32 Å². The van der Waals surface area contributed by atoms with Gasteiger partial charge in [-0.15, -0.1) is 0 Å². The van der Waals surface area contributed by atoms with E-state index in [0.717, 1.165) is 19.4 Å². The van der Waals surface area contributed by atoms with Gasteiger partial charge in [0.05, 0.1) is 0 Å². The van der Waals surface area contributed by atoms with Crippen LogP contribution < -0.4 is 5.32 Å². The van der Waals surface area contributed by atoms with Gasteiger partial charge < -0.3 is 10.4 Å². The number of rotatable bonds is 1. The second kappa shape index (κ2) is 3.01. The predicted octanol–water partition coefficient (Wildman–Crippen LogP) is 0.459. The standard InChI is InChI=1S/C7H13NO2/c1-5-3-2-4-8-6(5)7(9)10/h5-6,8H,2-4H2,1H3,(H,9,10)/t5-,6-/m1/s1. The minimum absolute atomic E-state index is 0.284. The van der Waals surface area contributed by atoms with Crippen LogP contribution in [0.15, 0.2) is 0 Å². The van der Waals surface area contributed by atoms with Crippen LogP contribution in [-0.4, -0.2) is 23.7 Å². The first-order chi connectivity index (χ1) is 4.72. The summed E-state index contributed by atoms with van der Waals surface area (Å²) in [5.74, 6) is -0.432. The average molecular weight is 143 g/mol. The van der Waals surface area contributed by atoms with Crippen molar-refractivity contribution < 1.29 is 9.90 Å². The summed E-state index contributed by atoms with van der Waals surface area (Å²) >= 11 is 0. The molecule has 1 heterocycles. The van der Waals surface area contributed by atoms with Gasteiger partial charge in [-0.1, -0.05) is 6.92 Å². The zero-order chi connectivity index (χ0) is 7.56. The molecule has 1 rings (SSSR count). The molecule has 0 unspecified atom stereocenters. The molecule has 0 aliphatic carbocycles. The van der Waals surface area contributed by atoms with Gasteiger partial charge in [-0.05, 0) is 25.3 Å². The van der Waals surface area contributed by atoms with Crippen LogP contribution in [-0.2, 0) is 4.79 Å². The number of aliphatic carboxylic acids is 1. The molecule has 0 aromatic rings. The van der Waals surface area contributed by atoms with E-state index in [0.29, 0.717) is 0 Å². The van der Waals surface area contributed by atoms with E-state index in [1.54, 1.807) is 0 Å². The molecule has 2 atom stereocenters. The average Bonchev–Trinajstić information content (AvgIpc) is 1.88. The van der Waals surface area contributed by atoms with E-state index in [4.69, 9.17) is 5.11 Å². The second-order valence-corrected chi connectivity index (χ2v) is 2.89. The summed E-state index contributed by atoms with van der Waals surface area (Å²) in [5, 5.41) is 11.6. The summed E-state index contributed by atoms with van der Waals surface area (Å²) in [5.41, 5.74) is 0. The van der Waals surface area contributed by atoms with Crippen molar-refractivity contribution in [2.75, 3.05) is 6.54 Å². The number of piperidine rings is 1. The highest BCUT2D eigenvalue weighted by atomic mass is 16.4. The summed E-state index contributed by atoms with van der Waals surface area (Å²) in [6, 6.07) is -0.311. The molecule has 0 spiro atoms. The second-order valence-electron chi connectivity index (χ2n) is 2.89. The van der Waals surface area contributed by atoms with Gasteiger partial charge in [0.1, 0.15) is 6.04 Å². The van der Waals surface area contributed by atoms with Crippen molar-refractivity contribution in [3.8, 4) is 0 Å². The molecule has 0 aromatic carbocycles. The van der Waals surface area contributed by atoms with Gasteiger partial charge in [-0.25, -0.2) is 0 Å².